The van der Waals surface area contributed by atoms with Crippen LogP contribution in [-0.4, -0.2) is 66.7 Å². The molecule has 4 unspecified atom stereocenters. The van der Waals surface area contributed by atoms with Gasteiger partial charge in [-0.25, -0.2) is 0 Å². The van der Waals surface area contributed by atoms with Crippen LogP contribution in [0.3, 0.4) is 0 Å². The van der Waals surface area contributed by atoms with Crippen molar-refractivity contribution in [3.8, 4) is 0 Å². The summed E-state index contributed by atoms with van der Waals surface area (Å²) in [5.74, 6) is 0.0789. The average Bonchev–Trinajstić information content (AvgIpc) is 2.48. The van der Waals surface area contributed by atoms with Gasteiger partial charge in [0.1, 0.15) is 5.54 Å². The molecule has 2 aliphatic rings. The molecule has 0 aromatic carbocycles. The topological polar surface area (TPSA) is 58.8 Å². The summed E-state index contributed by atoms with van der Waals surface area (Å²) in [5, 5.41) is 0. The fraction of sp³-hybridized carbons (Fsp3) is 0.941. The van der Waals surface area contributed by atoms with Crippen LogP contribution in [0.2, 0.25) is 0 Å². The van der Waals surface area contributed by atoms with E-state index in [0.717, 1.165) is 19.4 Å². The molecular weight excluding hydrogens is 278 g/mol. The van der Waals surface area contributed by atoms with Gasteiger partial charge in [0, 0.05) is 44.1 Å². The summed E-state index contributed by atoms with van der Waals surface area (Å²) < 4.78 is 5.74. The van der Waals surface area contributed by atoms with Crippen molar-refractivity contribution in [3.05, 3.63) is 0 Å². The van der Waals surface area contributed by atoms with E-state index in [4.69, 9.17) is 10.5 Å². The molecule has 0 aromatic heterocycles. The first kappa shape index (κ1) is 17.7. The number of carbonyl (C=O) groups is 1. The Morgan fingerprint density at radius 3 is 2.59 bits per heavy atom. The molecule has 128 valence electrons. The molecule has 1 aliphatic carbocycles. The van der Waals surface area contributed by atoms with E-state index >= 15 is 0 Å². The lowest BCUT2D eigenvalue weighted by Gasteiger charge is -2.59. The van der Waals surface area contributed by atoms with E-state index in [1.54, 1.807) is 0 Å². The summed E-state index contributed by atoms with van der Waals surface area (Å²) in [6.07, 6.45) is 2.74. The van der Waals surface area contributed by atoms with Crippen molar-refractivity contribution in [2.45, 2.75) is 70.7 Å². The van der Waals surface area contributed by atoms with Gasteiger partial charge in [-0.3, -0.25) is 4.79 Å². The largest absolute Gasteiger partial charge is 0.378 e. The Kier molecular flexibility index (Phi) is 4.91. The van der Waals surface area contributed by atoms with Gasteiger partial charge >= 0.3 is 0 Å². The lowest BCUT2D eigenvalue weighted by Crippen LogP contribution is -2.76. The molecular formula is C17H33N3O2. The molecule has 5 heteroatoms. The first-order valence-electron chi connectivity index (χ1n) is 8.53. The number of piperidine rings is 1. The molecule has 22 heavy (non-hydrogen) atoms. The van der Waals surface area contributed by atoms with Gasteiger partial charge in [0.25, 0.3) is 0 Å². The van der Waals surface area contributed by atoms with Crippen LogP contribution >= 0.6 is 0 Å². The molecule has 0 aromatic rings. The zero-order valence-electron chi connectivity index (χ0n) is 15.1. The molecule has 0 bridgehead atoms. The Balaban J connectivity index is 2.05. The van der Waals surface area contributed by atoms with Crippen LogP contribution in [0, 0.1) is 5.41 Å². The fourth-order valence-electron chi connectivity index (χ4n) is 3.90. The molecule has 1 saturated carbocycles. The third-order valence-electron chi connectivity index (χ3n) is 6.26. The zero-order valence-corrected chi connectivity index (χ0v) is 15.1. The average molecular weight is 311 g/mol. The minimum Gasteiger partial charge on any atom is -0.378 e. The van der Waals surface area contributed by atoms with Crippen LogP contribution in [0.4, 0.5) is 0 Å². The molecule has 1 aliphatic heterocycles. The predicted octanol–water partition coefficient (Wildman–Crippen LogP) is 1.46. The van der Waals surface area contributed by atoms with E-state index < -0.39 is 5.54 Å². The number of amides is 1. The number of nitrogens with zero attached hydrogens (tertiary/aromatic N) is 2. The summed E-state index contributed by atoms with van der Waals surface area (Å²) in [6, 6.07) is 0.800. The third kappa shape index (κ3) is 2.68. The highest BCUT2D eigenvalue weighted by molar-refractivity contribution is 5.89. The maximum absolute atomic E-state index is 13.0. The van der Waals surface area contributed by atoms with E-state index in [-0.39, 0.29) is 17.4 Å². The lowest BCUT2D eigenvalue weighted by atomic mass is 9.54. The standard InChI is InChI=1S/C17H33N3O2/c1-7-22-14-11-17(18,16(14,3)4)15(21)20(6)13-8-9-19(5)12(2)10-13/h12-14H,7-11,18H2,1-6H3. The minimum absolute atomic E-state index is 0.0789. The normalized spacial score (nSPS) is 38.4. The highest BCUT2D eigenvalue weighted by atomic mass is 16.5. The van der Waals surface area contributed by atoms with Crippen molar-refractivity contribution < 1.29 is 9.53 Å². The number of likely N-dealkylation sites (N-methyl/N-ethyl adjacent to an activating group) is 1. The number of nitrogens with two attached hydrogens (primary N) is 1. The van der Waals surface area contributed by atoms with Gasteiger partial charge in [-0.1, -0.05) is 13.8 Å². The molecule has 1 saturated heterocycles. The first-order valence-corrected chi connectivity index (χ1v) is 8.53. The molecule has 1 amide bonds. The number of hydrogen-bond acceptors (Lipinski definition) is 4. The molecule has 2 rings (SSSR count). The number of likely N-dealkylation sites (tertiary alicyclic amines) is 1. The third-order valence-corrected chi connectivity index (χ3v) is 6.26. The van der Waals surface area contributed by atoms with Gasteiger partial charge in [0.05, 0.1) is 6.10 Å². The van der Waals surface area contributed by atoms with Gasteiger partial charge in [-0.15, -0.1) is 0 Å². The molecule has 0 spiro atoms. The fourth-order valence-corrected chi connectivity index (χ4v) is 3.90. The Morgan fingerprint density at radius 2 is 2.09 bits per heavy atom. The van der Waals surface area contributed by atoms with Gasteiger partial charge in [0.15, 0.2) is 0 Å². The van der Waals surface area contributed by atoms with Crippen LogP contribution in [0.15, 0.2) is 0 Å². The Labute approximate surface area is 135 Å². The van der Waals surface area contributed by atoms with Crippen LogP contribution in [-0.2, 0) is 9.53 Å². The van der Waals surface area contributed by atoms with Crippen LogP contribution in [0.25, 0.3) is 0 Å². The maximum atomic E-state index is 13.0. The van der Waals surface area contributed by atoms with Crippen LogP contribution in [0.5, 0.6) is 0 Å². The molecule has 0 radical (unpaired) electrons. The second-order valence-corrected chi connectivity index (χ2v) is 7.77. The van der Waals surface area contributed by atoms with Gasteiger partial charge in [-0.2, -0.15) is 0 Å². The van der Waals surface area contributed by atoms with E-state index in [2.05, 4.69) is 32.7 Å². The Bertz CT molecular complexity index is 426. The number of hydrogen-bond donors (Lipinski definition) is 1. The Hall–Kier alpha value is -0.650. The van der Waals surface area contributed by atoms with E-state index in [0.29, 0.717) is 25.1 Å². The monoisotopic (exact) mass is 311 g/mol. The van der Waals surface area contributed by atoms with Crippen molar-refractivity contribution in [3.63, 3.8) is 0 Å². The molecule has 2 fully saturated rings. The number of carbonyl (C=O) groups excluding carboxylic acids is 1. The quantitative estimate of drug-likeness (QED) is 0.854. The second-order valence-electron chi connectivity index (χ2n) is 7.77. The van der Waals surface area contributed by atoms with Crippen molar-refractivity contribution in [2.75, 3.05) is 27.2 Å². The smallest absolute Gasteiger partial charge is 0.243 e. The second kappa shape index (κ2) is 6.10. The van der Waals surface area contributed by atoms with Gasteiger partial charge in [-0.05, 0) is 33.7 Å². The van der Waals surface area contributed by atoms with E-state index in [9.17, 15) is 4.79 Å². The number of ether oxygens (including phenoxy) is 1. The van der Waals surface area contributed by atoms with Crippen LogP contribution in [0.1, 0.15) is 47.0 Å². The van der Waals surface area contributed by atoms with Crippen molar-refractivity contribution >= 4 is 5.91 Å². The molecule has 1 heterocycles. The summed E-state index contributed by atoms with van der Waals surface area (Å²) in [6.45, 7) is 10.0. The molecule has 4 atom stereocenters. The highest BCUT2D eigenvalue weighted by Gasteiger charge is 2.63. The SMILES string of the molecule is CCOC1CC(N)(C(=O)N(C)C2CCN(C)C(C)C2)C1(C)C. The van der Waals surface area contributed by atoms with Crippen LogP contribution < -0.4 is 5.73 Å². The van der Waals surface area contributed by atoms with E-state index in [1.165, 1.54) is 0 Å². The van der Waals surface area contributed by atoms with Crippen molar-refractivity contribution in [1.82, 2.24) is 9.80 Å². The zero-order chi connectivity index (χ0) is 16.7. The first-order chi connectivity index (χ1) is 10.1. The molecule has 5 nitrogen and oxygen atoms in total. The van der Waals surface area contributed by atoms with Crippen molar-refractivity contribution in [1.29, 1.82) is 0 Å². The molecule has 2 N–H and O–H groups in total. The van der Waals surface area contributed by atoms with Gasteiger partial charge < -0.3 is 20.3 Å². The summed E-state index contributed by atoms with van der Waals surface area (Å²) in [5.41, 5.74) is 5.42. The highest BCUT2D eigenvalue weighted by Crippen LogP contribution is 2.50. The predicted molar refractivity (Wildman–Crippen MR) is 88.6 cm³/mol. The van der Waals surface area contributed by atoms with Gasteiger partial charge in [0.2, 0.25) is 5.91 Å². The Morgan fingerprint density at radius 1 is 1.45 bits per heavy atom. The van der Waals surface area contributed by atoms with Crippen molar-refractivity contribution in [2.24, 2.45) is 11.1 Å². The summed E-state index contributed by atoms with van der Waals surface area (Å²) in [7, 11) is 4.07. The lowest BCUT2D eigenvalue weighted by molar-refractivity contribution is -0.180. The van der Waals surface area contributed by atoms with E-state index in [1.807, 2.05) is 18.9 Å². The minimum atomic E-state index is -0.797. The maximum Gasteiger partial charge on any atom is 0.243 e. The number of rotatable bonds is 4. The summed E-state index contributed by atoms with van der Waals surface area (Å²) in [4.78, 5) is 17.3. The summed E-state index contributed by atoms with van der Waals surface area (Å²) >= 11 is 0.